The number of nitrogens with zero attached hydrogens (tertiary/aromatic N) is 2. The smallest absolute Gasteiger partial charge is 0.255 e. The van der Waals surface area contributed by atoms with Crippen LogP contribution in [-0.4, -0.2) is 51.3 Å². The van der Waals surface area contributed by atoms with Crippen molar-refractivity contribution < 1.29 is 15.0 Å². The van der Waals surface area contributed by atoms with Gasteiger partial charge in [0.1, 0.15) is 0 Å². The van der Waals surface area contributed by atoms with Crippen molar-refractivity contribution in [3.63, 3.8) is 0 Å². The summed E-state index contributed by atoms with van der Waals surface area (Å²) in [5.74, 6) is -0.232. The molecule has 0 spiro atoms. The van der Waals surface area contributed by atoms with Gasteiger partial charge in [-0.2, -0.15) is 0 Å². The summed E-state index contributed by atoms with van der Waals surface area (Å²) in [6.45, 7) is 0.318. The third-order valence-corrected chi connectivity index (χ3v) is 2.93. The van der Waals surface area contributed by atoms with E-state index in [9.17, 15) is 15.0 Å². The molecule has 2 unspecified atom stereocenters. The number of hydrogen-bond acceptors (Lipinski definition) is 4. The van der Waals surface area contributed by atoms with Crippen LogP contribution in [0.25, 0.3) is 0 Å². The highest BCUT2D eigenvalue weighted by Gasteiger charge is 2.32. The zero-order valence-electron chi connectivity index (χ0n) is 8.38. The molecule has 0 aromatic carbocycles. The van der Waals surface area contributed by atoms with Gasteiger partial charge < -0.3 is 15.1 Å². The average molecular weight is 287 g/mol. The predicted octanol–water partition coefficient (Wildman–Crippen LogP) is 0.0217. The molecule has 2 atom stereocenters. The van der Waals surface area contributed by atoms with Crippen molar-refractivity contribution in [2.75, 3.05) is 13.1 Å². The number of aliphatic hydroxyl groups excluding tert-OH is 2. The molecule has 2 N–H and O–H groups in total. The van der Waals surface area contributed by atoms with Gasteiger partial charge in [-0.25, -0.2) is 0 Å². The van der Waals surface area contributed by atoms with Crippen molar-refractivity contribution in [1.82, 2.24) is 9.88 Å². The molecule has 0 aliphatic carbocycles. The zero-order valence-corrected chi connectivity index (χ0v) is 9.96. The van der Waals surface area contributed by atoms with Gasteiger partial charge in [0.2, 0.25) is 0 Å². The molecular weight excluding hydrogens is 276 g/mol. The molecule has 0 bridgehead atoms. The lowest BCUT2D eigenvalue weighted by molar-refractivity contribution is 0.0572. The number of β-amino-alcohol motifs (C(OH)–C–C–N with tert-alkyl or cyclic N) is 2. The standard InChI is InChI=1S/C10H11BrN2O3/c11-7-1-6(2-12-3-7)10(16)13-4-8(14)9(15)5-13/h1-3,8-9,14-15H,4-5H2. The third-order valence-electron chi connectivity index (χ3n) is 2.50. The molecule has 0 saturated carbocycles. The van der Waals surface area contributed by atoms with E-state index in [-0.39, 0.29) is 19.0 Å². The van der Waals surface area contributed by atoms with E-state index < -0.39 is 12.2 Å². The number of pyridine rings is 1. The Morgan fingerprint density at radius 2 is 2.00 bits per heavy atom. The number of halogens is 1. The van der Waals surface area contributed by atoms with E-state index in [1.165, 1.54) is 11.1 Å². The Balaban J connectivity index is 2.14. The Morgan fingerprint density at radius 3 is 2.56 bits per heavy atom. The minimum atomic E-state index is -0.857. The van der Waals surface area contributed by atoms with Crippen LogP contribution in [0.4, 0.5) is 0 Å². The molecule has 1 aliphatic heterocycles. The second kappa shape index (κ2) is 4.48. The molecule has 1 amide bonds. The molecule has 1 aromatic rings. The summed E-state index contributed by atoms with van der Waals surface area (Å²) in [6, 6.07) is 1.66. The number of likely N-dealkylation sites (tertiary alicyclic amines) is 1. The van der Waals surface area contributed by atoms with Crippen LogP contribution in [0.2, 0.25) is 0 Å². The number of aliphatic hydroxyl groups is 2. The van der Waals surface area contributed by atoms with Crippen molar-refractivity contribution in [1.29, 1.82) is 0 Å². The lowest BCUT2D eigenvalue weighted by Gasteiger charge is -2.14. The highest BCUT2D eigenvalue weighted by molar-refractivity contribution is 9.10. The van der Waals surface area contributed by atoms with Gasteiger partial charge in [-0.3, -0.25) is 9.78 Å². The van der Waals surface area contributed by atoms with Crippen molar-refractivity contribution in [2.45, 2.75) is 12.2 Å². The van der Waals surface area contributed by atoms with Crippen LogP contribution in [-0.2, 0) is 0 Å². The Kier molecular flexibility index (Phi) is 3.22. The summed E-state index contributed by atoms with van der Waals surface area (Å²) in [5, 5.41) is 18.7. The van der Waals surface area contributed by atoms with Gasteiger partial charge in [-0.15, -0.1) is 0 Å². The van der Waals surface area contributed by atoms with Crippen LogP contribution >= 0.6 is 15.9 Å². The first-order chi connectivity index (χ1) is 7.58. The molecule has 1 fully saturated rings. The molecular formula is C10H11BrN2O3. The lowest BCUT2D eigenvalue weighted by Crippen LogP contribution is -2.29. The Bertz CT molecular complexity index is 403. The molecule has 1 saturated heterocycles. The van der Waals surface area contributed by atoms with Crippen molar-refractivity contribution >= 4 is 21.8 Å². The first-order valence-electron chi connectivity index (χ1n) is 4.84. The molecule has 1 aromatic heterocycles. The van der Waals surface area contributed by atoms with Crippen LogP contribution in [0.1, 0.15) is 10.4 Å². The van der Waals surface area contributed by atoms with Crippen molar-refractivity contribution in [2.24, 2.45) is 0 Å². The molecule has 2 rings (SSSR count). The molecule has 0 radical (unpaired) electrons. The number of carbonyl (C=O) groups is 1. The summed E-state index contributed by atoms with van der Waals surface area (Å²) in [6.07, 6.45) is 1.34. The van der Waals surface area contributed by atoms with E-state index in [2.05, 4.69) is 20.9 Å². The molecule has 5 nitrogen and oxygen atoms in total. The zero-order chi connectivity index (χ0) is 11.7. The fourth-order valence-electron chi connectivity index (χ4n) is 1.65. The SMILES string of the molecule is O=C(c1cncc(Br)c1)N1CC(O)C(O)C1. The molecule has 86 valence electrons. The monoisotopic (exact) mass is 286 g/mol. The molecule has 16 heavy (non-hydrogen) atoms. The first kappa shape index (κ1) is 11.5. The van der Waals surface area contributed by atoms with Crippen molar-refractivity contribution in [3.05, 3.63) is 28.5 Å². The summed E-state index contributed by atoms with van der Waals surface area (Å²) in [7, 11) is 0. The van der Waals surface area contributed by atoms with Crippen LogP contribution in [0.5, 0.6) is 0 Å². The normalized spacial score (nSPS) is 24.8. The number of amides is 1. The predicted molar refractivity (Wildman–Crippen MR) is 59.9 cm³/mol. The van der Waals surface area contributed by atoms with Crippen molar-refractivity contribution in [3.8, 4) is 0 Å². The fourth-order valence-corrected chi connectivity index (χ4v) is 2.01. The summed E-state index contributed by atoms with van der Waals surface area (Å²) < 4.78 is 0.721. The summed E-state index contributed by atoms with van der Waals surface area (Å²) >= 11 is 3.23. The van der Waals surface area contributed by atoms with Crippen LogP contribution in [0.15, 0.2) is 22.9 Å². The van der Waals surface area contributed by atoms with E-state index in [0.29, 0.717) is 5.56 Å². The van der Waals surface area contributed by atoms with Gasteiger partial charge in [0.05, 0.1) is 17.8 Å². The number of hydrogen-bond donors (Lipinski definition) is 2. The maximum absolute atomic E-state index is 11.9. The lowest BCUT2D eigenvalue weighted by atomic mass is 10.2. The summed E-state index contributed by atoms with van der Waals surface area (Å²) in [5.41, 5.74) is 0.440. The van der Waals surface area contributed by atoms with E-state index in [1.807, 2.05) is 0 Å². The highest BCUT2D eigenvalue weighted by atomic mass is 79.9. The average Bonchev–Trinajstić information content (AvgIpc) is 2.58. The van der Waals surface area contributed by atoms with Crippen LogP contribution in [0.3, 0.4) is 0 Å². The Hall–Kier alpha value is -0.980. The molecule has 6 heteroatoms. The summed E-state index contributed by atoms with van der Waals surface area (Å²) in [4.78, 5) is 17.2. The first-order valence-corrected chi connectivity index (χ1v) is 5.63. The van der Waals surface area contributed by atoms with E-state index >= 15 is 0 Å². The number of rotatable bonds is 1. The highest BCUT2D eigenvalue weighted by Crippen LogP contribution is 2.16. The van der Waals surface area contributed by atoms with Gasteiger partial charge in [0.25, 0.3) is 5.91 Å². The number of carbonyl (C=O) groups excluding carboxylic acids is 1. The third kappa shape index (κ3) is 2.23. The van der Waals surface area contributed by atoms with E-state index in [4.69, 9.17) is 0 Å². The maximum Gasteiger partial charge on any atom is 0.255 e. The number of aromatic nitrogens is 1. The van der Waals surface area contributed by atoms with Gasteiger partial charge >= 0.3 is 0 Å². The van der Waals surface area contributed by atoms with E-state index in [1.54, 1.807) is 12.3 Å². The van der Waals surface area contributed by atoms with E-state index in [0.717, 1.165) is 4.47 Å². The Labute approximate surface area is 101 Å². The minimum absolute atomic E-state index is 0.159. The van der Waals surface area contributed by atoms with Gasteiger partial charge in [-0.1, -0.05) is 0 Å². The van der Waals surface area contributed by atoms with Gasteiger partial charge in [0, 0.05) is 30.0 Å². The topological polar surface area (TPSA) is 73.7 Å². The molecule has 1 aliphatic rings. The van der Waals surface area contributed by atoms with Crippen LogP contribution < -0.4 is 0 Å². The fraction of sp³-hybridized carbons (Fsp3) is 0.400. The Morgan fingerprint density at radius 1 is 1.38 bits per heavy atom. The largest absolute Gasteiger partial charge is 0.388 e. The minimum Gasteiger partial charge on any atom is -0.388 e. The maximum atomic E-state index is 11.9. The second-order valence-electron chi connectivity index (χ2n) is 3.74. The second-order valence-corrected chi connectivity index (χ2v) is 4.65. The quantitative estimate of drug-likeness (QED) is 0.764. The van der Waals surface area contributed by atoms with Crippen LogP contribution in [0, 0.1) is 0 Å². The molecule has 2 heterocycles. The van der Waals surface area contributed by atoms with Gasteiger partial charge in [0.15, 0.2) is 0 Å². The van der Waals surface area contributed by atoms with Gasteiger partial charge in [-0.05, 0) is 22.0 Å².